The molecule has 2 aromatic heterocycles. The van der Waals surface area contributed by atoms with Crippen molar-refractivity contribution in [2.24, 2.45) is 0 Å². The summed E-state index contributed by atoms with van der Waals surface area (Å²) in [4.78, 5) is 25.4. The molecule has 23 heavy (non-hydrogen) atoms. The van der Waals surface area contributed by atoms with Crippen LogP contribution >= 0.6 is 0 Å². The first-order valence-corrected chi connectivity index (χ1v) is 8.12. The predicted octanol–water partition coefficient (Wildman–Crippen LogP) is 1.91. The third kappa shape index (κ3) is 2.48. The van der Waals surface area contributed by atoms with Crippen LogP contribution < -0.4 is 4.90 Å². The fraction of sp³-hybridized carbons (Fsp3) is 0.471. The normalized spacial score (nSPS) is 19.9. The molecule has 6 heteroatoms. The standard InChI is InChI=1S/C17H20N4O2/c1-20(16-13-4-2-5-14(13)18-11-19-16)12-7-8-21(10-12)17(22)15-6-3-9-23-15/h3,6,9,11-12H,2,4-5,7-8,10H2,1H3. The summed E-state index contributed by atoms with van der Waals surface area (Å²) < 4.78 is 5.22. The van der Waals surface area contributed by atoms with E-state index in [0.29, 0.717) is 12.3 Å². The van der Waals surface area contributed by atoms with Crippen LogP contribution in [0.5, 0.6) is 0 Å². The number of rotatable bonds is 3. The van der Waals surface area contributed by atoms with Gasteiger partial charge in [-0.05, 0) is 37.8 Å². The molecule has 4 rings (SSSR count). The number of likely N-dealkylation sites (tertiary alicyclic amines) is 1. The number of carbonyl (C=O) groups is 1. The summed E-state index contributed by atoms with van der Waals surface area (Å²) in [6, 6.07) is 3.75. The van der Waals surface area contributed by atoms with Gasteiger partial charge >= 0.3 is 0 Å². The van der Waals surface area contributed by atoms with E-state index in [-0.39, 0.29) is 11.9 Å². The Labute approximate surface area is 135 Å². The molecule has 1 atom stereocenters. The molecule has 1 unspecified atom stereocenters. The molecule has 2 aliphatic rings. The van der Waals surface area contributed by atoms with E-state index in [1.54, 1.807) is 18.5 Å². The zero-order valence-corrected chi connectivity index (χ0v) is 13.2. The number of nitrogens with zero attached hydrogens (tertiary/aromatic N) is 4. The summed E-state index contributed by atoms with van der Waals surface area (Å²) in [5, 5.41) is 0. The molecular weight excluding hydrogens is 292 g/mol. The molecule has 0 aromatic carbocycles. The van der Waals surface area contributed by atoms with Crippen LogP contribution in [0.1, 0.15) is 34.7 Å². The Balaban J connectivity index is 1.50. The van der Waals surface area contributed by atoms with Crippen molar-refractivity contribution >= 4 is 11.7 Å². The SMILES string of the molecule is CN(c1ncnc2c1CCC2)C1CCN(C(=O)c2ccco2)C1. The summed E-state index contributed by atoms with van der Waals surface area (Å²) in [6.45, 7) is 1.45. The van der Waals surface area contributed by atoms with E-state index in [9.17, 15) is 4.79 Å². The maximum atomic E-state index is 12.4. The van der Waals surface area contributed by atoms with Gasteiger partial charge in [-0.25, -0.2) is 9.97 Å². The average molecular weight is 312 g/mol. The van der Waals surface area contributed by atoms with E-state index < -0.39 is 0 Å². The minimum Gasteiger partial charge on any atom is -0.459 e. The molecule has 1 amide bonds. The van der Waals surface area contributed by atoms with Crippen LogP contribution in [-0.2, 0) is 12.8 Å². The van der Waals surface area contributed by atoms with Crippen LogP contribution in [0.15, 0.2) is 29.1 Å². The van der Waals surface area contributed by atoms with Crippen molar-refractivity contribution < 1.29 is 9.21 Å². The smallest absolute Gasteiger partial charge is 0.289 e. The van der Waals surface area contributed by atoms with Crippen molar-refractivity contribution in [3.05, 3.63) is 41.7 Å². The summed E-state index contributed by atoms with van der Waals surface area (Å²) >= 11 is 0. The van der Waals surface area contributed by atoms with E-state index in [0.717, 1.165) is 38.0 Å². The Morgan fingerprint density at radius 1 is 1.39 bits per heavy atom. The minimum atomic E-state index is -0.0289. The number of aromatic nitrogens is 2. The van der Waals surface area contributed by atoms with Crippen molar-refractivity contribution in [1.82, 2.24) is 14.9 Å². The lowest BCUT2D eigenvalue weighted by Crippen LogP contribution is -2.37. The van der Waals surface area contributed by atoms with Gasteiger partial charge in [-0.2, -0.15) is 0 Å². The van der Waals surface area contributed by atoms with Crippen LogP contribution in [0.4, 0.5) is 5.82 Å². The second-order valence-electron chi connectivity index (χ2n) is 6.26. The van der Waals surface area contributed by atoms with Gasteiger partial charge in [0, 0.05) is 37.4 Å². The molecule has 120 valence electrons. The number of furan rings is 1. The van der Waals surface area contributed by atoms with E-state index in [2.05, 4.69) is 21.9 Å². The summed E-state index contributed by atoms with van der Waals surface area (Å²) in [5.41, 5.74) is 2.47. The molecule has 2 aromatic rings. The lowest BCUT2D eigenvalue weighted by Gasteiger charge is -2.27. The first-order chi connectivity index (χ1) is 11.2. The number of fused-ring (bicyclic) bond motifs is 1. The quantitative estimate of drug-likeness (QED) is 0.866. The van der Waals surface area contributed by atoms with Crippen molar-refractivity contribution in [3.63, 3.8) is 0 Å². The molecule has 1 aliphatic carbocycles. The molecule has 0 saturated carbocycles. The highest BCUT2D eigenvalue weighted by molar-refractivity contribution is 5.91. The van der Waals surface area contributed by atoms with Gasteiger partial charge in [-0.3, -0.25) is 4.79 Å². The summed E-state index contributed by atoms with van der Waals surface area (Å²) in [6.07, 6.45) is 7.41. The van der Waals surface area contributed by atoms with Gasteiger partial charge in [0.25, 0.3) is 5.91 Å². The average Bonchev–Trinajstić information content (AvgIpc) is 3.33. The van der Waals surface area contributed by atoms with Crippen molar-refractivity contribution in [3.8, 4) is 0 Å². The number of aryl methyl sites for hydroxylation is 1. The Morgan fingerprint density at radius 2 is 2.30 bits per heavy atom. The summed E-state index contributed by atoms with van der Waals surface area (Å²) in [5.74, 6) is 1.42. The maximum Gasteiger partial charge on any atom is 0.289 e. The first-order valence-electron chi connectivity index (χ1n) is 8.12. The van der Waals surface area contributed by atoms with Crippen LogP contribution in [0.3, 0.4) is 0 Å². The lowest BCUT2D eigenvalue weighted by molar-refractivity contribution is 0.0759. The van der Waals surface area contributed by atoms with Gasteiger partial charge in [-0.1, -0.05) is 0 Å². The van der Waals surface area contributed by atoms with Crippen LogP contribution in [-0.4, -0.2) is 47.0 Å². The molecule has 1 saturated heterocycles. The monoisotopic (exact) mass is 312 g/mol. The van der Waals surface area contributed by atoms with Gasteiger partial charge < -0.3 is 14.2 Å². The molecule has 0 bridgehead atoms. The van der Waals surface area contributed by atoms with Crippen LogP contribution in [0.25, 0.3) is 0 Å². The Bertz CT molecular complexity index is 713. The van der Waals surface area contributed by atoms with Crippen molar-refractivity contribution in [1.29, 1.82) is 0 Å². The van der Waals surface area contributed by atoms with Crippen molar-refractivity contribution in [2.45, 2.75) is 31.7 Å². The lowest BCUT2D eigenvalue weighted by atomic mass is 10.2. The van der Waals surface area contributed by atoms with E-state index in [4.69, 9.17) is 4.42 Å². The van der Waals surface area contributed by atoms with Crippen LogP contribution in [0.2, 0.25) is 0 Å². The largest absolute Gasteiger partial charge is 0.459 e. The first kappa shape index (κ1) is 14.2. The van der Waals surface area contributed by atoms with Gasteiger partial charge in [0.1, 0.15) is 12.1 Å². The fourth-order valence-electron chi connectivity index (χ4n) is 3.62. The van der Waals surface area contributed by atoms with E-state index >= 15 is 0 Å². The highest BCUT2D eigenvalue weighted by Crippen LogP contribution is 2.30. The number of hydrogen-bond donors (Lipinski definition) is 0. The van der Waals surface area contributed by atoms with Gasteiger partial charge in [0.05, 0.1) is 6.26 Å². The Hall–Kier alpha value is -2.37. The molecule has 0 N–H and O–H groups in total. The van der Waals surface area contributed by atoms with Crippen molar-refractivity contribution in [2.75, 3.05) is 25.0 Å². The maximum absolute atomic E-state index is 12.4. The summed E-state index contributed by atoms with van der Waals surface area (Å²) in [7, 11) is 2.08. The van der Waals surface area contributed by atoms with Gasteiger partial charge in [-0.15, -0.1) is 0 Å². The Morgan fingerprint density at radius 3 is 3.13 bits per heavy atom. The molecule has 1 aliphatic heterocycles. The number of carbonyl (C=O) groups excluding carboxylic acids is 1. The minimum absolute atomic E-state index is 0.0289. The third-order valence-electron chi connectivity index (χ3n) is 4.92. The number of hydrogen-bond acceptors (Lipinski definition) is 5. The molecule has 3 heterocycles. The number of amides is 1. The highest BCUT2D eigenvalue weighted by atomic mass is 16.3. The third-order valence-corrected chi connectivity index (χ3v) is 4.92. The highest BCUT2D eigenvalue weighted by Gasteiger charge is 2.32. The molecule has 1 fully saturated rings. The van der Waals surface area contributed by atoms with Gasteiger partial charge in [0.15, 0.2) is 5.76 Å². The molecular formula is C17H20N4O2. The fourth-order valence-corrected chi connectivity index (χ4v) is 3.62. The molecule has 0 radical (unpaired) electrons. The van der Waals surface area contributed by atoms with Gasteiger partial charge in [0.2, 0.25) is 0 Å². The zero-order valence-electron chi connectivity index (χ0n) is 13.2. The number of anilines is 1. The predicted molar refractivity (Wildman–Crippen MR) is 85.5 cm³/mol. The Kier molecular flexibility index (Phi) is 3.52. The number of likely N-dealkylation sites (N-methyl/N-ethyl adjacent to an activating group) is 1. The topological polar surface area (TPSA) is 62.5 Å². The molecule has 6 nitrogen and oxygen atoms in total. The van der Waals surface area contributed by atoms with E-state index in [1.165, 1.54) is 17.5 Å². The second-order valence-corrected chi connectivity index (χ2v) is 6.26. The van der Waals surface area contributed by atoms with E-state index in [1.807, 2.05) is 4.90 Å². The second kappa shape index (κ2) is 5.68. The van der Waals surface area contributed by atoms with Crippen LogP contribution in [0, 0.1) is 0 Å². The molecule has 0 spiro atoms. The zero-order chi connectivity index (χ0) is 15.8.